The summed E-state index contributed by atoms with van der Waals surface area (Å²) in [5, 5.41) is 3.27. The molecule has 0 aliphatic carbocycles. The first-order valence-corrected chi connectivity index (χ1v) is 10.7. The minimum Gasteiger partial charge on any atom is -0.336 e. The SMILES string of the molecule is C=CN=C(N=CC)c1cc(C)cnc1C(=O)N1CCCC(NC2CC=C(C(F)(F)F)C=N2)C1. The van der Waals surface area contributed by atoms with Gasteiger partial charge in [-0.3, -0.25) is 20.1 Å². The van der Waals surface area contributed by atoms with Crippen LogP contribution >= 0.6 is 0 Å². The number of rotatable bonds is 5. The molecule has 1 amide bonds. The number of likely N-dealkylation sites (tertiary alicyclic amines) is 1. The number of piperidine rings is 1. The lowest BCUT2D eigenvalue weighted by atomic mass is 10.0. The molecule has 10 heteroatoms. The molecule has 2 atom stereocenters. The number of halogens is 3. The Labute approximate surface area is 190 Å². The Balaban J connectivity index is 1.73. The molecule has 2 aliphatic heterocycles. The molecule has 0 radical (unpaired) electrons. The maximum absolute atomic E-state index is 13.4. The van der Waals surface area contributed by atoms with E-state index >= 15 is 0 Å². The van der Waals surface area contributed by atoms with Crippen LogP contribution in [0.25, 0.3) is 0 Å². The van der Waals surface area contributed by atoms with Crippen LogP contribution in [-0.2, 0) is 0 Å². The summed E-state index contributed by atoms with van der Waals surface area (Å²) < 4.78 is 38.4. The smallest absolute Gasteiger partial charge is 0.336 e. The molecular formula is C23H27F3N6O. The zero-order valence-corrected chi connectivity index (χ0v) is 18.6. The van der Waals surface area contributed by atoms with E-state index < -0.39 is 17.9 Å². The van der Waals surface area contributed by atoms with Crippen LogP contribution in [0.15, 0.2) is 51.7 Å². The number of aliphatic imine (C=N–C) groups is 3. The highest BCUT2D eigenvalue weighted by Gasteiger charge is 2.34. The van der Waals surface area contributed by atoms with Crippen molar-refractivity contribution in [2.45, 2.75) is 51.5 Å². The zero-order valence-electron chi connectivity index (χ0n) is 18.6. The van der Waals surface area contributed by atoms with E-state index in [0.29, 0.717) is 24.5 Å². The van der Waals surface area contributed by atoms with Gasteiger partial charge in [0.25, 0.3) is 5.91 Å². The molecule has 1 aromatic heterocycles. The van der Waals surface area contributed by atoms with E-state index in [0.717, 1.165) is 30.7 Å². The fraction of sp³-hybridized carbons (Fsp3) is 0.435. The first kappa shape index (κ1) is 24.5. The van der Waals surface area contributed by atoms with Crippen molar-refractivity contribution in [2.24, 2.45) is 15.0 Å². The summed E-state index contributed by atoms with van der Waals surface area (Å²) in [6.45, 7) is 8.20. The van der Waals surface area contributed by atoms with E-state index in [2.05, 4.69) is 31.9 Å². The predicted molar refractivity (Wildman–Crippen MR) is 123 cm³/mol. The van der Waals surface area contributed by atoms with Crippen molar-refractivity contribution in [3.63, 3.8) is 0 Å². The third-order valence-corrected chi connectivity index (χ3v) is 5.35. The highest BCUT2D eigenvalue weighted by atomic mass is 19.4. The first-order chi connectivity index (χ1) is 15.7. The molecule has 1 N–H and O–H groups in total. The van der Waals surface area contributed by atoms with Gasteiger partial charge < -0.3 is 4.90 Å². The Hall–Kier alpha value is -3.14. The van der Waals surface area contributed by atoms with Crippen LogP contribution in [0.2, 0.25) is 0 Å². The Morgan fingerprint density at radius 3 is 2.82 bits per heavy atom. The maximum atomic E-state index is 13.4. The fourth-order valence-corrected chi connectivity index (χ4v) is 3.83. The minimum atomic E-state index is -4.39. The summed E-state index contributed by atoms with van der Waals surface area (Å²) in [5.41, 5.74) is 0.908. The molecule has 2 aliphatic rings. The molecule has 2 unspecified atom stereocenters. The van der Waals surface area contributed by atoms with Crippen LogP contribution in [0, 0.1) is 6.92 Å². The van der Waals surface area contributed by atoms with Crippen LogP contribution in [0.5, 0.6) is 0 Å². The van der Waals surface area contributed by atoms with Crippen molar-refractivity contribution in [2.75, 3.05) is 13.1 Å². The summed E-state index contributed by atoms with van der Waals surface area (Å²) in [7, 11) is 0. The van der Waals surface area contributed by atoms with Crippen molar-refractivity contribution in [3.05, 3.63) is 53.5 Å². The molecule has 0 aromatic carbocycles. The molecule has 7 nitrogen and oxygen atoms in total. The van der Waals surface area contributed by atoms with Crippen LogP contribution in [0.3, 0.4) is 0 Å². The lowest BCUT2D eigenvalue weighted by Crippen LogP contribution is -2.51. The highest BCUT2D eigenvalue weighted by molar-refractivity contribution is 6.10. The van der Waals surface area contributed by atoms with Gasteiger partial charge in [-0.25, -0.2) is 9.98 Å². The number of nitrogens with zero attached hydrogens (tertiary/aromatic N) is 5. The fourth-order valence-electron chi connectivity index (χ4n) is 3.83. The summed E-state index contributed by atoms with van der Waals surface area (Å²) in [4.78, 5) is 31.9. The number of dihydropyridines is 1. The summed E-state index contributed by atoms with van der Waals surface area (Å²) in [6, 6.07) is 1.73. The van der Waals surface area contributed by atoms with Crippen LogP contribution < -0.4 is 5.32 Å². The minimum absolute atomic E-state index is 0.0884. The Morgan fingerprint density at radius 1 is 1.39 bits per heavy atom. The standard InChI is InChI=1S/C23H27F3N6O/c1-4-27-21(28-5-2)18-11-15(3)12-30-20(18)22(33)32-10-6-7-17(14-32)31-19-9-8-16(13-29-19)23(24,25)26/h4-5,8,11-13,17,19,31H,1,6-7,9-10,14H2,2-3H3. The lowest BCUT2D eigenvalue weighted by molar-refractivity contribution is -0.0861. The van der Waals surface area contributed by atoms with E-state index in [9.17, 15) is 18.0 Å². The molecule has 1 saturated heterocycles. The van der Waals surface area contributed by atoms with Gasteiger partial charge in [-0.15, -0.1) is 0 Å². The number of amidine groups is 1. The monoisotopic (exact) mass is 460 g/mol. The third kappa shape index (κ3) is 6.22. The third-order valence-electron chi connectivity index (χ3n) is 5.35. The number of nitrogens with one attached hydrogen (secondary N) is 1. The van der Waals surface area contributed by atoms with Crippen molar-refractivity contribution in [1.82, 2.24) is 15.2 Å². The number of hydrogen-bond donors (Lipinski definition) is 1. The summed E-state index contributed by atoms with van der Waals surface area (Å²) >= 11 is 0. The number of amides is 1. The second kappa shape index (κ2) is 10.7. The number of alkyl halides is 3. The van der Waals surface area contributed by atoms with E-state index in [1.165, 1.54) is 6.20 Å². The van der Waals surface area contributed by atoms with E-state index in [1.807, 2.05) is 13.0 Å². The van der Waals surface area contributed by atoms with Crippen LogP contribution in [-0.4, -0.2) is 65.5 Å². The topological polar surface area (TPSA) is 82.3 Å². The molecule has 1 fully saturated rings. The Kier molecular flexibility index (Phi) is 7.91. The number of aromatic nitrogens is 1. The molecule has 3 heterocycles. The Morgan fingerprint density at radius 2 is 2.18 bits per heavy atom. The van der Waals surface area contributed by atoms with Crippen molar-refractivity contribution in [1.29, 1.82) is 0 Å². The van der Waals surface area contributed by atoms with E-state index in [4.69, 9.17) is 0 Å². The molecular weight excluding hydrogens is 433 g/mol. The van der Waals surface area contributed by atoms with Gasteiger partial charge in [0.15, 0.2) is 5.84 Å². The summed E-state index contributed by atoms with van der Waals surface area (Å²) in [6.07, 6.45) is 3.44. The van der Waals surface area contributed by atoms with Gasteiger partial charge in [0.2, 0.25) is 0 Å². The molecule has 0 bridgehead atoms. The predicted octanol–water partition coefficient (Wildman–Crippen LogP) is 3.85. The van der Waals surface area contributed by atoms with Gasteiger partial charge in [-0.05, 0) is 38.3 Å². The molecule has 1 aromatic rings. The average molecular weight is 461 g/mol. The highest BCUT2D eigenvalue weighted by Crippen LogP contribution is 2.27. The van der Waals surface area contributed by atoms with Gasteiger partial charge in [-0.2, -0.15) is 13.2 Å². The number of hydrogen-bond acceptors (Lipinski definition) is 5. The van der Waals surface area contributed by atoms with Crippen molar-refractivity contribution < 1.29 is 18.0 Å². The molecule has 0 saturated carbocycles. The quantitative estimate of drug-likeness (QED) is 0.535. The van der Waals surface area contributed by atoms with Crippen molar-refractivity contribution in [3.8, 4) is 0 Å². The largest absolute Gasteiger partial charge is 0.417 e. The number of carbonyl (C=O) groups is 1. The van der Waals surface area contributed by atoms with E-state index in [1.54, 1.807) is 24.2 Å². The molecule has 176 valence electrons. The lowest BCUT2D eigenvalue weighted by Gasteiger charge is -2.35. The van der Waals surface area contributed by atoms with Gasteiger partial charge in [0, 0.05) is 50.4 Å². The molecule has 3 rings (SSSR count). The maximum Gasteiger partial charge on any atom is 0.417 e. The first-order valence-electron chi connectivity index (χ1n) is 10.7. The molecule has 33 heavy (non-hydrogen) atoms. The van der Waals surface area contributed by atoms with Gasteiger partial charge in [0.05, 0.1) is 11.1 Å². The number of allylic oxidation sites excluding steroid dienone is 1. The zero-order chi connectivity index (χ0) is 24.0. The normalized spacial score (nSPS) is 21.9. The second-order valence-electron chi connectivity index (χ2n) is 7.88. The van der Waals surface area contributed by atoms with Gasteiger partial charge >= 0.3 is 6.18 Å². The number of aryl methyl sites for hydroxylation is 1. The van der Waals surface area contributed by atoms with Crippen LogP contribution in [0.4, 0.5) is 13.2 Å². The van der Waals surface area contributed by atoms with Crippen molar-refractivity contribution >= 4 is 24.2 Å². The average Bonchev–Trinajstić information content (AvgIpc) is 2.78. The van der Waals surface area contributed by atoms with Gasteiger partial charge in [0.1, 0.15) is 11.9 Å². The van der Waals surface area contributed by atoms with Crippen LogP contribution in [0.1, 0.15) is 47.8 Å². The Bertz CT molecular complexity index is 1010. The number of pyridine rings is 1. The molecule has 0 spiro atoms. The van der Waals surface area contributed by atoms with Gasteiger partial charge in [-0.1, -0.05) is 12.7 Å². The number of carbonyl (C=O) groups excluding carboxylic acids is 1. The second-order valence-corrected chi connectivity index (χ2v) is 7.88. The summed E-state index contributed by atoms with van der Waals surface area (Å²) in [5.74, 6) is 0.105. The van der Waals surface area contributed by atoms with E-state index in [-0.39, 0.29) is 24.1 Å².